The molecule has 2 heterocycles. The first-order chi connectivity index (χ1) is 13.7. The summed E-state index contributed by atoms with van der Waals surface area (Å²) in [5.41, 5.74) is -0.730. The highest BCUT2D eigenvalue weighted by Gasteiger charge is 2.49. The van der Waals surface area contributed by atoms with Crippen LogP contribution in [0.25, 0.3) is 0 Å². The molecular formula is C21H18F4N2O2. The van der Waals surface area contributed by atoms with Crippen molar-refractivity contribution in [3.8, 4) is 0 Å². The van der Waals surface area contributed by atoms with Crippen molar-refractivity contribution in [2.45, 2.75) is 19.0 Å². The van der Waals surface area contributed by atoms with E-state index in [4.69, 9.17) is 0 Å². The van der Waals surface area contributed by atoms with E-state index in [2.05, 4.69) is 0 Å². The Morgan fingerprint density at radius 3 is 2.45 bits per heavy atom. The largest absolute Gasteiger partial charge is 0.416 e. The van der Waals surface area contributed by atoms with Crippen molar-refractivity contribution in [3.63, 3.8) is 0 Å². The van der Waals surface area contributed by atoms with Gasteiger partial charge in [-0.15, -0.1) is 0 Å². The maximum atomic E-state index is 13.2. The van der Waals surface area contributed by atoms with Crippen LogP contribution in [0.1, 0.15) is 28.8 Å². The van der Waals surface area contributed by atoms with E-state index in [1.807, 2.05) is 0 Å². The molecule has 4 nitrogen and oxygen atoms in total. The number of nitrogens with zero attached hydrogens (tertiary/aromatic N) is 2. The van der Waals surface area contributed by atoms with E-state index in [1.54, 1.807) is 4.90 Å². The van der Waals surface area contributed by atoms with Gasteiger partial charge in [0.1, 0.15) is 5.82 Å². The van der Waals surface area contributed by atoms with Crippen molar-refractivity contribution < 1.29 is 27.2 Å². The number of anilines is 1. The summed E-state index contributed by atoms with van der Waals surface area (Å²) >= 11 is 0. The Hall–Kier alpha value is -2.90. The SMILES string of the molecule is O=C(c1cccc(C(F)(F)F)c1)N1CC[C@@]2(CC(=O)N(c3ccc(F)cc3)C2)C1. The van der Waals surface area contributed by atoms with Crippen molar-refractivity contribution in [1.29, 1.82) is 0 Å². The molecule has 0 bridgehead atoms. The van der Waals surface area contributed by atoms with E-state index in [-0.39, 0.29) is 17.9 Å². The Balaban J connectivity index is 1.50. The van der Waals surface area contributed by atoms with Crippen molar-refractivity contribution in [3.05, 3.63) is 65.5 Å². The lowest BCUT2D eigenvalue weighted by molar-refractivity contribution is -0.137. The number of amides is 2. The van der Waals surface area contributed by atoms with Gasteiger partial charge in [-0.25, -0.2) is 4.39 Å². The van der Waals surface area contributed by atoms with Crippen molar-refractivity contribution >= 4 is 17.5 Å². The minimum atomic E-state index is -4.52. The Morgan fingerprint density at radius 1 is 1.03 bits per heavy atom. The lowest BCUT2D eigenvalue weighted by Gasteiger charge is -2.24. The van der Waals surface area contributed by atoms with Crippen LogP contribution in [0, 0.1) is 11.2 Å². The van der Waals surface area contributed by atoms with Crippen LogP contribution < -0.4 is 4.90 Å². The zero-order valence-corrected chi connectivity index (χ0v) is 15.4. The van der Waals surface area contributed by atoms with Gasteiger partial charge in [-0.1, -0.05) is 6.07 Å². The molecule has 2 aliphatic heterocycles. The maximum Gasteiger partial charge on any atom is 0.416 e. The monoisotopic (exact) mass is 406 g/mol. The second-order valence-corrected chi connectivity index (χ2v) is 7.69. The first-order valence-electron chi connectivity index (χ1n) is 9.19. The van der Waals surface area contributed by atoms with Gasteiger partial charge in [-0.05, 0) is 48.9 Å². The number of rotatable bonds is 2. The van der Waals surface area contributed by atoms with Crippen LogP contribution in [0.5, 0.6) is 0 Å². The number of hydrogen-bond donors (Lipinski definition) is 0. The van der Waals surface area contributed by atoms with Crippen LogP contribution >= 0.6 is 0 Å². The van der Waals surface area contributed by atoms with Crippen LogP contribution in [0.2, 0.25) is 0 Å². The number of benzene rings is 2. The molecule has 4 rings (SSSR count). The molecule has 2 aromatic rings. The molecule has 1 atom stereocenters. The molecule has 2 saturated heterocycles. The molecule has 0 radical (unpaired) electrons. The fraction of sp³-hybridized carbons (Fsp3) is 0.333. The van der Waals surface area contributed by atoms with Crippen molar-refractivity contribution in [2.75, 3.05) is 24.5 Å². The molecule has 2 amide bonds. The van der Waals surface area contributed by atoms with Gasteiger partial charge in [0, 0.05) is 42.7 Å². The van der Waals surface area contributed by atoms with Gasteiger partial charge < -0.3 is 9.80 Å². The molecule has 0 saturated carbocycles. The van der Waals surface area contributed by atoms with E-state index in [9.17, 15) is 27.2 Å². The van der Waals surface area contributed by atoms with Gasteiger partial charge in [-0.3, -0.25) is 9.59 Å². The lowest BCUT2D eigenvalue weighted by Crippen LogP contribution is -2.34. The molecule has 0 aromatic heterocycles. The number of hydrogen-bond acceptors (Lipinski definition) is 2. The standard InChI is InChI=1S/C21H18F4N2O2/c22-16-4-6-17(7-5-16)27-13-20(11-18(27)28)8-9-26(12-20)19(29)14-2-1-3-15(10-14)21(23,24)25/h1-7,10H,8-9,11-13H2/t20-/m1/s1. The minimum Gasteiger partial charge on any atom is -0.338 e. The second kappa shape index (κ2) is 6.86. The minimum absolute atomic E-state index is 0.0170. The maximum absolute atomic E-state index is 13.2. The molecule has 0 N–H and O–H groups in total. The van der Waals surface area contributed by atoms with E-state index in [0.29, 0.717) is 31.7 Å². The molecule has 0 aliphatic carbocycles. The van der Waals surface area contributed by atoms with Gasteiger partial charge in [-0.2, -0.15) is 13.2 Å². The Bertz CT molecular complexity index is 958. The highest BCUT2D eigenvalue weighted by molar-refractivity contribution is 5.97. The number of halogens is 4. The van der Waals surface area contributed by atoms with Crippen LogP contribution in [0.15, 0.2) is 48.5 Å². The number of carbonyl (C=O) groups is 2. The molecule has 29 heavy (non-hydrogen) atoms. The Labute approximate surface area is 164 Å². The topological polar surface area (TPSA) is 40.6 Å². The van der Waals surface area contributed by atoms with Gasteiger partial charge >= 0.3 is 6.18 Å². The zero-order chi connectivity index (χ0) is 20.8. The molecule has 1 spiro atoms. The number of alkyl halides is 3. The second-order valence-electron chi connectivity index (χ2n) is 7.69. The number of likely N-dealkylation sites (tertiary alicyclic amines) is 1. The van der Waals surface area contributed by atoms with Gasteiger partial charge in [0.15, 0.2) is 0 Å². The quantitative estimate of drug-likeness (QED) is 0.705. The van der Waals surface area contributed by atoms with E-state index in [0.717, 1.165) is 12.1 Å². The summed E-state index contributed by atoms with van der Waals surface area (Å²) in [6, 6.07) is 10.0. The average molecular weight is 406 g/mol. The molecule has 2 fully saturated rings. The third-order valence-corrected chi connectivity index (χ3v) is 5.62. The van der Waals surface area contributed by atoms with E-state index >= 15 is 0 Å². The van der Waals surface area contributed by atoms with Crippen LogP contribution in [-0.2, 0) is 11.0 Å². The first-order valence-corrected chi connectivity index (χ1v) is 9.19. The first kappa shape index (κ1) is 19.4. The van der Waals surface area contributed by atoms with Crippen molar-refractivity contribution in [1.82, 2.24) is 4.90 Å². The molecule has 2 aromatic carbocycles. The van der Waals surface area contributed by atoms with Crippen LogP contribution in [0.4, 0.5) is 23.2 Å². The van der Waals surface area contributed by atoms with E-state index in [1.165, 1.54) is 41.3 Å². The average Bonchev–Trinajstić information content (AvgIpc) is 3.24. The summed E-state index contributed by atoms with van der Waals surface area (Å²) in [6.45, 7) is 1.06. The van der Waals surface area contributed by atoms with Crippen LogP contribution in [-0.4, -0.2) is 36.3 Å². The summed E-state index contributed by atoms with van der Waals surface area (Å²) in [5, 5.41) is 0. The predicted octanol–water partition coefficient (Wildman–Crippen LogP) is 4.11. The zero-order valence-electron chi connectivity index (χ0n) is 15.4. The van der Waals surface area contributed by atoms with Gasteiger partial charge in [0.05, 0.1) is 5.56 Å². The molecule has 8 heteroatoms. The molecular weight excluding hydrogens is 388 g/mol. The third kappa shape index (κ3) is 3.71. The van der Waals surface area contributed by atoms with Gasteiger partial charge in [0.2, 0.25) is 5.91 Å². The van der Waals surface area contributed by atoms with E-state index < -0.39 is 28.9 Å². The molecule has 0 unspecified atom stereocenters. The lowest BCUT2D eigenvalue weighted by atomic mass is 9.86. The Kier molecular flexibility index (Phi) is 4.59. The van der Waals surface area contributed by atoms with Crippen molar-refractivity contribution in [2.24, 2.45) is 5.41 Å². The third-order valence-electron chi connectivity index (χ3n) is 5.62. The highest BCUT2D eigenvalue weighted by Crippen LogP contribution is 2.42. The predicted molar refractivity (Wildman–Crippen MR) is 97.8 cm³/mol. The van der Waals surface area contributed by atoms with Gasteiger partial charge in [0.25, 0.3) is 5.91 Å². The molecule has 2 aliphatic rings. The smallest absolute Gasteiger partial charge is 0.338 e. The summed E-state index contributed by atoms with van der Waals surface area (Å²) in [5.74, 6) is -0.973. The fourth-order valence-corrected chi connectivity index (χ4v) is 4.14. The molecule has 152 valence electrons. The Morgan fingerprint density at radius 2 is 1.76 bits per heavy atom. The van der Waals surface area contributed by atoms with Crippen LogP contribution in [0.3, 0.4) is 0 Å². The normalized spacial score (nSPS) is 22.0. The fourth-order valence-electron chi connectivity index (χ4n) is 4.14. The summed E-state index contributed by atoms with van der Waals surface area (Å²) in [4.78, 5) is 28.4. The summed E-state index contributed by atoms with van der Waals surface area (Å²) in [6.07, 6.45) is -3.69. The highest BCUT2D eigenvalue weighted by atomic mass is 19.4. The summed E-state index contributed by atoms with van der Waals surface area (Å²) in [7, 11) is 0. The summed E-state index contributed by atoms with van der Waals surface area (Å²) < 4.78 is 51.9. The number of carbonyl (C=O) groups excluding carboxylic acids is 2.